The second-order valence-corrected chi connectivity index (χ2v) is 5.22. The van der Waals surface area contributed by atoms with Gasteiger partial charge in [-0.3, -0.25) is 4.79 Å². The molecule has 1 amide bonds. The van der Waals surface area contributed by atoms with Crippen molar-refractivity contribution in [1.82, 2.24) is 20.1 Å². The lowest BCUT2D eigenvalue weighted by Crippen LogP contribution is -2.25. The van der Waals surface area contributed by atoms with Crippen LogP contribution in [-0.2, 0) is 6.42 Å². The van der Waals surface area contributed by atoms with Gasteiger partial charge in [-0.1, -0.05) is 18.2 Å². The van der Waals surface area contributed by atoms with E-state index < -0.39 is 0 Å². The third kappa shape index (κ3) is 3.78. The van der Waals surface area contributed by atoms with E-state index in [-0.39, 0.29) is 5.91 Å². The van der Waals surface area contributed by atoms with E-state index in [2.05, 4.69) is 15.4 Å². The number of para-hydroxylation sites is 1. The Morgan fingerprint density at radius 1 is 1.25 bits per heavy atom. The number of hydrogen-bond donors (Lipinski definition) is 1. The Labute approximate surface area is 140 Å². The van der Waals surface area contributed by atoms with Crippen LogP contribution in [0.1, 0.15) is 15.9 Å². The largest absolute Gasteiger partial charge is 0.481 e. The molecule has 0 atom stereocenters. The summed E-state index contributed by atoms with van der Waals surface area (Å²) in [5.41, 5.74) is 2.60. The van der Waals surface area contributed by atoms with Crippen molar-refractivity contribution in [2.24, 2.45) is 0 Å². The fourth-order valence-electron chi connectivity index (χ4n) is 2.30. The summed E-state index contributed by atoms with van der Waals surface area (Å²) >= 11 is 0. The van der Waals surface area contributed by atoms with Gasteiger partial charge in [0.05, 0.1) is 19.0 Å². The van der Waals surface area contributed by atoms with E-state index in [9.17, 15) is 4.79 Å². The molecule has 2 heterocycles. The van der Waals surface area contributed by atoms with Gasteiger partial charge in [-0.2, -0.15) is 5.10 Å². The van der Waals surface area contributed by atoms with E-state index in [4.69, 9.17) is 4.74 Å². The molecule has 0 saturated carbocycles. The first-order valence-electron chi connectivity index (χ1n) is 7.63. The van der Waals surface area contributed by atoms with Crippen LogP contribution in [0.3, 0.4) is 0 Å². The second-order valence-electron chi connectivity index (χ2n) is 5.22. The molecule has 1 N–H and O–H groups in total. The molecule has 0 bridgehead atoms. The van der Waals surface area contributed by atoms with Crippen molar-refractivity contribution >= 4 is 5.91 Å². The zero-order valence-corrected chi connectivity index (χ0v) is 13.3. The Morgan fingerprint density at radius 2 is 2.08 bits per heavy atom. The summed E-state index contributed by atoms with van der Waals surface area (Å²) in [4.78, 5) is 16.1. The number of nitrogens with one attached hydrogen (secondary N) is 1. The van der Waals surface area contributed by atoms with Crippen LogP contribution in [-0.4, -0.2) is 34.3 Å². The SMILES string of the molecule is COc1cc(C(=O)NCCc2cnn(-c3ccccc3)c2)ccn1. The number of carbonyl (C=O) groups excluding carboxylic acids is 1. The minimum atomic E-state index is -0.147. The number of hydrogen-bond acceptors (Lipinski definition) is 4. The zero-order chi connectivity index (χ0) is 16.8. The lowest BCUT2D eigenvalue weighted by molar-refractivity contribution is 0.0953. The molecule has 6 heteroatoms. The number of methoxy groups -OCH3 is 1. The molecule has 0 spiro atoms. The first kappa shape index (κ1) is 15.7. The Morgan fingerprint density at radius 3 is 2.88 bits per heavy atom. The number of amides is 1. The van der Waals surface area contributed by atoms with E-state index in [1.165, 1.54) is 7.11 Å². The highest BCUT2D eigenvalue weighted by Crippen LogP contribution is 2.09. The van der Waals surface area contributed by atoms with Gasteiger partial charge >= 0.3 is 0 Å². The number of aromatic nitrogens is 3. The number of pyridine rings is 1. The molecule has 6 nitrogen and oxygen atoms in total. The van der Waals surface area contributed by atoms with Gasteiger partial charge in [0, 0.05) is 30.6 Å². The maximum Gasteiger partial charge on any atom is 0.251 e. The summed E-state index contributed by atoms with van der Waals surface area (Å²) < 4.78 is 6.85. The molecule has 0 saturated heterocycles. The molecular formula is C18H18N4O2. The zero-order valence-electron chi connectivity index (χ0n) is 13.3. The minimum absolute atomic E-state index is 0.147. The van der Waals surface area contributed by atoms with Crippen LogP contribution in [0, 0.1) is 0 Å². The molecular weight excluding hydrogens is 304 g/mol. The standard InChI is InChI=1S/C18H18N4O2/c1-24-17-11-15(8-10-19-17)18(23)20-9-7-14-12-21-22(13-14)16-5-3-2-4-6-16/h2-6,8,10-13H,7,9H2,1H3,(H,20,23). The molecule has 1 aromatic carbocycles. The minimum Gasteiger partial charge on any atom is -0.481 e. The van der Waals surface area contributed by atoms with E-state index in [1.807, 2.05) is 47.4 Å². The highest BCUT2D eigenvalue weighted by atomic mass is 16.5. The predicted molar refractivity (Wildman–Crippen MR) is 90.4 cm³/mol. The normalized spacial score (nSPS) is 10.4. The summed E-state index contributed by atoms with van der Waals surface area (Å²) in [5.74, 6) is 0.276. The Kier molecular flexibility index (Phi) is 4.86. The number of benzene rings is 1. The number of ether oxygens (including phenoxy) is 1. The molecule has 122 valence electrons. The van der Waals surface area contributed by atoms with Crippen molar-refractivity contribution < 1.29 is 9.53 Å². The van der Waals surface area contributed by atoms with Crippen LogP contribution < -0.4 is 10.1 Å². The summed E-state index contributed by atoms with van der Waals surface area (Å²) in [6.07, 6.45) is 6.05. The molecule has 0 unspecified atom stereocenters. The molecule has 0 aliphatic rings. The van der Waals surface area contributed by atoms with Crippen molar-refractivity contribution in [2.45, 2.75) is 6.42 Å². The average Bonchev–Trinajstić information content (AvgIpc) is 3.11. The number of carbonyl (C=O) groups is 1. The summed E-state index contributed by atoms with van der Waals surface area (Å²) in [6, 6.07) is 13.2. The van der Waals surface area contributed by atoms with E-state index >= 15 is 0 Å². The van der Waals surface area contributed by atoms with Gasteiger partial charge in [-0.15, -0.1) is 0 Å². The Balaban J connectivity index is 1.55. The molecule has 24 heavy (non-hydrogen) atoms. The third-order valence-corrected chi connectivity index (χ3v) is 3.56. The molecule has 2 aromatic heterocycles. The third-order valence-electron chi connectivity index (χ3n) is 3.56. The van der Waals surface area contributed by atoms with Crippen LogP contribution in [0.5, 0.6) is 5.88 Å². The monoisotopic (exact) mass is 322 g/mol. The Bertz CT molecular complexity index is 815. The van der Waals surface area contributed by atoms with Crippen LogP contribution in [0.15, 0.2) is 61.1 Å². The number of rotatable bonds is 6. The second kappa shape index (κ2) is 7.41. The van der Waals surface area contributed by atoms with Crippen LogP contribution in [0.4, 0.5) is 0 Å². The van der Waals surface area contributed by atoms with Crippen LogP contribution in [0.25, 0.3) is 5.69 Å². The van der Waals surface area contributed by atoms with E-state index in [0.29, 0.717) is 24.4 Å². The van der Waals surface area contributed by atoms with Crippen molar-refractivity contribution in [3.8, 4) is 11.6 Å². The lowest BCUT2D eigenvalue weighted by atomic mass is 10.2. The fraction of sp³-hybridized carbons (Fsp3) is 0.167. The van der Waals surface area contributed by atoms with Gasteiger partial charge in [0.15, 0.2) is 0 Å². The molecule has 0 aliphatic carbocycles. The number of nitrogens with zero attached hydrogens (tertiary/aromatic N) is 3. The van der Waals surface area contributed by atoms with Gasteiger partial charge in [-0.05, 0) is 30.2 Å². The average molecular weight is 322 g/mol. The van der Waals surface area contributed by atoms with Crippen molar-refractivity contribution in [3.05, 3.63) is 72.2 Å². The van der Waals surface area contributed by atoms with E-state index in [0.717, 1.165) is 11.3 Å². The van der Waals surface area contributed by atoms with Gasteiger partial charge in [0.2, 0.25) is 5.88 Å². The van der Waals surface area contributed by atoms with Gasteiger partial charge in [-0.25, -0.2) is 9.67 Å². The van der Waals surface area contributed by atoms with Crippen molar-refractivity contribution in [3.63, 3.8) is 0 Å². The van der Waals surface area contributed by atoms with Gasteiger partial charge in [0.25, 0.3) is 5.91 Å². The van der Waals surface area contributed by atoms with Crippen molar-refractivity contribution in [1.29, 1.82) is 0 Å². The molecule has 0 aliphatic heterocycles. The van der Waals surface area contributed by atoms with Crippen LogP contribution in [0.2, 0.25) is 0 Å². The maximum absolute atomic E-state index is 12.1. The first-order valence-corrected chi connectivity index (χ1v) is 7.63. The van der Waals surface area contributed by atoms with E-state index in [1.54, 1.807) is 18.3 Å². The molecule has 0 radical (unpaired) electrons. The predicted octanol–water partition coefficient (Wildman–Crippen LogP) is 2.25. The van der Waals surface area contributed by atoms with Crippen molar-refractivity contribution in [2.75, 3.05) is 13.7 Å². The molecule has 3 aromatic rings. The highest BCUT2D eigenvalue weighted by molar-refractivity contribution is 5.94. The Hall–Kier alpha value is -3.15. The van der Waals surface area contributed by atoms with Gasteiger partial charge in [0.1, 0.15) is 0 Å². The highest BCUT2D eigenvalue weighted by Gasteiger charge is 2.07. The van der Waals surface area contributed by atoms with Gasteiger partial charge < -0.3 is 10.1 Å². The van der Waals surface area contributed by atoms with Crippen LogP contribution >= 0.6 is 0 Å². The molecule has 0 fully saturated rings. The smallest absolute Gasteiger partial charge is 0.251 e. The maximum atomic E-state index is 12.1. The molecule has 3 rings (SSSR count). The quantitative estimate of drug-likeness (QED) is 0.756. The topological polar surface area (TPSA) is 69.0 Å². The first-order chi connectivity index (χ1) is 11.8. The fourth-order valence-corrected chi connectivity index (χ4v) is 2.30. The summed E-state index contributed by atoms with van der Waals surface area (Å²) in [5, 5.41) is 7.23. The summed E-state index contributed by atoms with van der Waals surface area (Å²) in [7, 11) is 1.52. The summed E-state index contributed by atoms with van der Waals surface area (Å²) in [6.45, 7) is 0.532. The lowest BCUT2D eigenvalue weighted by Gasteiger charge is -2.05.